The molecule has 1 saturated heterocycles. The maximum atomic E-state index is 12.1. The van der Waals surface area contributed by atoms with Gasteiger partial charge >= 0.3 is 0 Å². The first-order chi connectivity index (χ1) is 11.5. The molecule has 2 aromatic heterocycles. The zero-order chi connectivity index (χ0) is 17.1. The summed E-state index contributed by atoms with van der Waals surface area (Å²) < 4.78 is 4.99. The zero-order valence-corrected chi connectivity index (χ0v) is 14.4. The van der Waals surface area contributed by atoms with Gasteiger partial charge in [-0.2, -0.15) is 4.98 Å². The lowest BCUT2D eigenvalue weighted by atomic mass is 10.1. The molecule has 0 saturated carbocycles. The Morgan fingerprint density at radius 2 is 2.00 bits per heavy atom. The molecule has 0 spiro atoms. The summed E-state index contributed by atoms with van der Waals surface area (Å²) in [5.41, 5.74) is 0.835. The summed E-state index contributed by atoms with van der Waals surface area (Å²) in [6, 6.07) is 3.91. The van der Waals surface area contributed by atoms with Gasteiger partial charge in [0.1, 0.15) is 5.82 Å². The highest BCUT2D eigenvalue weighted by Gasteiger charge is 2.22. The quantitative estimate of drug-likeness (QED) is 0.855. The average Bonchev–Trinajstić information content (AvgIpc) is 3.01. The van der Waals surface area contributed by atoms with Crippen LogP contribution in [0.4, 0.5) is 5.82 Å². The summed E-state index contributed by atoms with van der Waals surface area (Å²) in [5.74, 6) is 2.65. The zero-order valence-electron chi connectivity index (χ0n) is 14.4. The van der Waals surface area contributed by atoms with Crippen LogP contribution < -0.4 is 4.90 Å². The number of anilines is 1. The number of aryl methyl sites for hydroxylation is 1. The van der Waals surface area contributed by atoms with E-state index >= 15 is 0 Å². The topological polar surface area (TPSA) is 75.4 Å². The fourth-order valence-electron chi connectivity index (χ4n) is 2.79. The van der Waals surface area contributed by atoms with Gasteiger partial charge in [0, 0.05) is 51.3 Å². The van der Waals surface area contributed by atoms with Crippen LogP contribution in [0.1, 0.15) is 26.2 Å². The Labute approximate surface area is 141 Å². The first-order valence-corrected chi connectivity index (χ1v) is 8.32. The molecule has 7 heteroatoms. The van der Waals surface area contributed by atoms with Crippen LogP contribution in [-0.2, 0) is 4.79 Å². The minimum absolute atomic E-state index is 0.250. The molecule has 3 heterocycles. The van der Waals surface area contributed by atoms with Crippen molar-refractivity contribution in [2.45, 2.75) is 27.2 Å². The van der Waals surface area contributed by atoms with Crippen molar-refractivity contribution < 1.29 is 9.32 Å². The lowest BCUT2D eigenvalue weighted by Gasteiger charge is -2.35. The van der Waals surface area contributed by atoms with Crippen LogP contribution >= 0.6 is 0 Å². The molecule has 0 bridgehead atoms. The van der Waals surface area contributed by atoms with Gasteiger partial charge in [0.15, 0.2) is 0 Å². The number of carbonyl (C=O) groups is 1. The second-order valence-corrected chi connectivity index (χ2v) is 6.51. The number of hydrogen-bond acceptors (Lipinski definition) is 6. The smallest absolute Gasteiger partial charge is 0.223 e. The lowest BCUT2D eigenvalue weighted by molar-refractivity contribution is -0.132. The van der Waals surface area contributed by atoms with Crippen LogP contribution in [-0.4, -0.2) is 52.1 Å². The predicted molar refractivity (Wildman–Crippen MR) is 90.5 cm³/mol. The molecule has 2 aromatic rings. The van der Waals surface area contributed by atoms with Crippen molar-refractivity contribution in [3.8, 4) is 11.4 Å². The van der Waals surface area contributed by atoms with Gasteiger partial charge in [0.05, 0.1) is 0 Å². The molecule has 1 amide bonds. The summed E-state index contributed by atoms with van der Waals surface area (Å²) in [6.45, 7) is 9.01. The first kappa shape index (κ1) is 16.4. The van der Waals surface area contributed by atoms with Crippen LogP contribution in [0.2, 0.25) is 0 Å². The third-order valence-electron chi connectivity index (χ3n) is 4.07. The molecule has 0 atom stereocenters. The van der Waals surface area contributed by atoms with E-state index < -0.39 is 0 Å². The first-order valence-electron chi connectivity index (χ1n) is 8.32. The molecule has 0 N–H and O–H groups in total. The Morgan fingerprint density at radius 1 is 1.25 bits per heavy atom. The monoisotopic (exact) mass is 329 g/mol. The molecule has 1 aliphatic rings. The number of amides is 1. The standard InChI is InChI=1S/C17H23N5O2/c1-12(2)10-16(23)22-8-6-21(7-9-22)15-5-4-14(11-18-15)17-19-13(3)24-20-17/h4-5,11-12H,6-10H2,1-3H3. The van der Waals surface area contributed by atoms with E-state index in [-0.39, 0.29) is 5.91 Å². The molecule has 24 heavy (non-hydrogen) atoms. The van der Waals surface area contributed by atoms with Gasteiger partial charge in [0.2, 0.25) is 17.6 Å². The van der Waals surface area contributed by atoms with Crippen LogP contribution in [0.3, 0.4) is 0 Å². The van der Waals surface area contributed by atoms with Crippen molar-refractivity contribution in [1.29, 1.82) is 0 Å². The van der Waals surface area contributed by atoms with Crippen molar-refractivity contribution in [2.75, 3.05) is 31.1 Å². The van der Waals surface area contributed by atoms with Crippen LogP contribution in [0.5, 0.6) is 0 Å². The number of aromatic nitrogens is 3. The van der Waals surface area contributed by atoms with E-state index in [4.69, 9.17) is 4.52 Å². The molecule has 1 fully saturated rings. The van der Waals surface area contributed by atoms with E-state index in [1.54, 1.807) is 13.1 Å². The molecule has 128 valence electrons. The number of pyridine rings is 1. The van der Waals surface area contributed by atoms with Crippen molar-refractivity contribution in [3.63, 3.8) is 0 Å². The maximum Gasteiger partial charge on any atom is 0.223 e. The van der Waals surface area contributed by atoms with Gasteiger partial charge in [-0.1, -0.05) is 19.0 Å². The van der Waals surface area contributed by atoms with Gasteiger partial charge in [0.25, 0.3) is 0 Å². The SMILES string of the molecule is Cc1nc(-c2ccc(N3CCN(C(=O)CC(C)C)CC3)nc2)no1. The molecule has 0 radical (unpaired) electrons. The van der Waals surface area contributed by atoms with Crippen molar-refractivity contribution in [1.82, 2.24) is 20.0 Å². The predicted octanol–water partition coefficient (Wildman–Crippen LogP) is 2.13. The van der Waals surface area contributed by atoms with Gasteiger partial charge in [-0.25, -0.2) is 4.98 Å². The molecule has 0 aliphatic carbocycles. The van der Waals surface area contributed by atoms with Gasteiger partial charge < -0.3 is 14.3 Å². The highest BCUT2D eigenvalue weighted by molar-refractivity contribution is 5.76. The molecule has 1 aliphatic heterocycles. The third kappa shape index (κ3) is 3.72. The van der Waals surface area contributed by atoms with E-state index in [2.05, 4.69) is 33.9 Å². The number of carbonyl (C=O) groups excluding carboxylic acids is 1. The summed E-state index contributed by atoms with van der Waals surface area (Å²) >= 11 is 0. The van der Waals surface area contributed by atoms with Gasteiger partial charge in [-0.3, -0.25) is 4.79 Å². The average molecular weight is 329 g/mol. The highest BCUT2D eigenvalue weighted by Crippen LogP contribution is 2.19. The minimum atomic E-state index is 0.250. The van der Waals surface area contributed by atoms with Crippen LogP contribution in [0, 0.1) is 12.8 Å². The number of nitrogens with zero attached hydrogens (tertiary/aromatic N) is 5. The fourth-order valence-corrected chi connectivity index (χ4v) is 2.79. The number of hydrogen-bond donors (Lipinski definition) is 0. The van der Waals surface area contributed by atoms with Crippen LogP contribution in [0.15, 0.2) is 22.9 Å². The molecule has 3 rings (SSSR count). The van der Waals surface area contributed by atoms with Crippen molar-refractivity contribution in [3.05, 3.63) is 24.2 Å². The maximum absolute atomic E-state index is 12.1. The normalized spacial score (nSPS) is 15.2. The summed E-state index contributed by atoms with van der Waals surface area (Å²) in [4.78, 5) is 25.0. The molecular weight excluding hydrogens is 306 g/mol. The second-order valence-electron chi connectivity index (χ2n) is 6.51. The Morgan fingerprint density at radius 3 is 2.54 bits per heavy atom. The van der Waals surface area contributed by atoms with Crippen molar-refractivity contribution in [2.24, 2.45) is 5.92 Å². The Kier molecular flexibility index (Phi) is 4.78. The van der Waals surface area contributed by atoms with Crippen LogP contribution in [0.25, 0.3) is 11.4 Å². The van der Waals surface area contributed by atoms with Gasteiger partial charge in [-0.15, -0.1) is 0 Å². The van der Waals surface area contributed by atoms with Gasteiger partial charge in [-0.05, 0) is 18.1 Å². The van der Waals surface area contributed by atoms with E-state index in [0.29, 0.717) is 24.1 Å². The largest absolute Gasteiger partial charge is 0.353 e. The number of piperazine rings is 1. The minimum Gasteiger partial charge on any atom is -0.353 e. The van der Waals surface area contributed by atoms with E-state index in [9.17, 15) is 4.79 Å². The molecular formula is C17H23N5O2. The lowest BCUT2D eigenvalue weighted by Crippen LogP contribution is -2.49. The molecule has 0 aromatic carbocycles. The van der Waals surface area contributed by atoms with E-state index in [1.807, 2.05) is 17.0 Å². The second kappa shape index (κ2) is 6.98. The van der Waals surface area contributed by atoms with E-state index in [1.165, 1.54) is 0 Å². The summed E-state index contributed by atoms with van der Waals surface area (Å²) in [5, 5.41) is 3.90. The highest BCUT2D eigenvalue weighted by atomic mass is 16.5. The fraction of sp³-hybridized carbons (Fsp3) is 0.529. The molecule has 7 nitrogen and oxygen atoms in total. The molecule has 0 unspecified atom stereocenters. The summed E-state index contributed by atoms with van der Waals surface area (Å²) in [6.07, 6.45) is 2.38. The number of rotatable bonds is 4. The third-order valence-corrected chi connectivity index (χ3v) is 4.07. The Hall–Kier alpha value is -2.44. The van der Waals surface area contributed by atoms with Crippen molar-refractivity contribution >= 4 is 11.7 Å². The summed E-state index contributed by atoms with van der Waals surface area (Å²) in [7, 11) is 0. The Bertz CT molecular complexity index is 687. The Balaban J connectivity index is 1.59. The van der Waals surface area contributed by atoms with E-state index in [0.717, 1.165) is 37.6 Å².